The SMILES string of the molecule is CO[C@]1(C)C[C@@H](C)CN(C)C(C2CN(CC(C)C)C2)COC(=O)C(C)(C)C(=O)C[C@H]1O[C@@H]1O[C@H](C)C[C@H](N(C)C)[C@H]1O. The summed E-state index contributed by atoms with van der Waals surface area (Å²) in [5.41, 5.74) is -2.24. The minimum Gasteiger partial charge on any atom is -0.463 e. The Kier molecular flexibility index (Phi) is 12.0. The molecule has 0 radical (unpaired) electrons. The Bertz CT molecular complexity index is 909. The van der Waals surface area contributed by atoms with Crippen LogP contribution in [0.15, 0.2) is 0 Å². The molecule has 0 aliphatic carbocycles. The van der Waals surface area contributed by atoms with Crippen LogP contribution in [0.2, 0.25) is 0 Å². The Hall–Kier alpha value is -1.14. The zero-order chi connectivity index (χ0) is 31.6. The number of methoxy groups -OCH3 is 1. The Morgan fingerprint density at radius 2 is 1.76 bits per heavy atom. The number of ether oxygens (including phenoxy) is 4. The van der Waals surface area contributed by atoms with Gasteiger partial charge in [0.1, 0.15) is 18.1 Å². The van der Waals surface area contributed by atoms with Crippen LogP contribution in [0.25, 0.3) is 0 Å². The second-order valence-electron chi connectivity index (χ2n) is 14.8. The standard InChI is InChI=1S/C32H59N3O7/c1-20(2)15-35-17-23(18-35)25-19-40-30(38)31(5,6)26(36)13-27(32(7,39-11)14-21(3)16-34(25)10)42-29-28(37)24(33(8)9)12-22(4)41-29/h20-25,27-29,37H,12-19H2,1-11H3/t21-,22-,24+,25?,27-,28-,29+,32-/m1/s1. The summed E-state index contributed by atoms with van der Waals surface area (Å²) in [6, 6.07) is -0.0977. The van der Waals surface area contributed by atoms with Gasteiger partial charge in [0.15, 0.2) is 12.1 Å². The summed E-state index contributed by atoms with van der Waals surface area (Å²) < 4.78 is 24.7. The van der Waals surface area contributed by atoms with E-state index in [0.29, 0.717) is 24.7 Å². The summed E-state index contributed by atoms with van der Waals surface area (Å²) in [4.78, 5) is 34.0. The Balaban J connectivity index is 1.89. The zero-order valence-corrected chi connectivity index (χ0v) is 28.1. The van der Waals surface area contributed by atoms with Crippen molar-refractivity contribution in [2.24, 2.45) is 23.2 Å². The number of aliphatic hydroxyl groups excluding tert-OH is 1. The molecule has 0 bridgehead atoms. The number of Topliss-reactive ketones (excluding diaryl/α,β-unsaturated/α-hetero) is 1. The van der Waals surface area contributed by atoms with Crippen LogP contribution >= 0.6 is 0 Å². The molecule has 0 spiro atoms. The number of carbonyl (C=O) groups is 2. The van der Waals surface area contributed by atoms with Gasteiger partial charge < -0.3 is 33.9 Å². The molecule has 3 aliphatic rings. The first-order valence-electron chi connectivity index (χ1n) is 15.8. The van der Waals surface area contributed by atoms with Gasteiger partial charge in [0.05, 0.1) is 17.8 Å². The summed E-state index contributed by atoms with van der Waals surface area (Å²) in [5.74, 6) is 0.369. The van der Waals surface area contributed by atoms with Gasteiger partial charge in [-0.1, -0.05) is 20.8 Å². The van der Waals surface area contributed by atoms with Gasteiger partial charge in [0, 0.05) is 57.7 Å². The number of esters is 1. The van der Waals surface area contributed by atoms with Crippen molar-refractivity contribution in [1.82, 2.24) is 14.7 Å². The van der Waals surface area contributed by atoms with Crippen molar-refractivity contribution in [3.05, 3.63) is 0 Å². The van der Waals surface area contributed by atoms with E-state index in [0.717, 1.165) is 26.2 Å². The van der Waals surface area contributed by atoms with Crippen molar-refractivity contribution in [3.63, 3.8) is 0 Å². The number of rotatable bonds is 7. The van der Waals surface area contributed by atoms with Crippen LogP contribution < -0.4 is 0 Å². The monoisotopic (exact) mass is 597 g/mol. The van der Waals surface area contributed by atoms with Gasteiger partial charge in [0.25, 0.3) is 0 Å². The second-order valence-corrected chi connectivity index (χ2v) is 14.8. The molecule has 10 nitrogen and oxygen atoms in total. The maximum atomic E-state index is 13.8. The third-order valence-electron chi connectivity index (χ3n) is 9.76. The Morgan fingerprint density at radius 3 is 2.33 bits per heavy atom. The normalized spacial score (nSPS) is 38.5. The fourth-order valence-electron chi connectivity index (χ4n) is 6.98. The van der Waals surface area contributed by atoms with Crippen molar-refractivity contribution >= 4 is 11.8 Å². The topological polar surface area (TPSA) is 101 Å². The van der Waals surface area contributed by atoms with Crippen molar-refractivity contribution in [1.29, 1.82) is 0 Å². The second kappa shape index (κ2) is 14.3. The summed E-state index contributed by atoms with van der Waals surface area (Å²) in [6.07, 6.45) is -1.52. The molecule has 42 heavy (non-hydrogen) atoms. The molecule has 1 N–H and O–H groups in total. The molecule has 10 heteroatoms. The summed E-state index contributed by atoms with van der Waals surface area (Å²) >= 11 is 0. The molecule has 0 aromatic heterocycles. The van der Waals surface area contributed by atoms with Crippen molar-refractivity contribution < 1.29 is 33.6 Å². The fourth-order valence-corrected chi connectivity index (χ4v) is 6.98. The van der Waals surface area contributed by atoms with Crippen molar-refractivity contribution in [3.8, 4) is 0 Å². The fraction of sp³-hybridized carbons (Fsp3) is 0.938. The molecular formula is C32H59N3O7. The molecule has 3 fully saturated rings. The van der Waals surface area contributed by atoms with Crippen LogP contribution in [0.4, 0.5) is 0 Å². The molecule has 0 amide bonds. The van der Waals surface area contributed by atoms with Gasteiger partial charge in [-0.3, -0.25) is 14.5 Å². The lowest BCUT2D eigenvalue weighted by Crippen LogP contribution is -2.59. The maximum absolute atomic E-state index is 13.8. The van der Waals surface area contributed by atoms with Gasteiger partial charge in [-0.2, -0.15) is 0 Å². The van der Waals surface area contributed by atoms with Crippen LogP contribution in [0.1, 0.15) is 67.7 Å². The number of likely N-dealkylation sites (N-methyl/N-ethyl adjacent to an activating group) is 2. The molecule has 3 aliphatic heterocycles. The quantitative estimate of drug-likeness (QED) is 0.348. The third-order valence-corrected chi connectivity index (χ3v) is 9.76. The number of likely N-dealkylation sites (tertiary alicyclic amines) is 1. The molecule has 0 saturated carbocycles. The van der Waals surface area contributed by atoms with E-state index in [1.165, 1.54) is 0 Å². The van der Waals surface area contributed by atoms with E-state index in [1.54, 1.807) is 21.0 Å². The largest absolute Gasteiger partial charge is 0.463 e. The Morgan fingerprint density at radius 1 is 1.12 bits per heavy atom. The zero-order valence-electron chi connectivity index (χ0n) is 28.1. The highest BCUT2D eigenvalue weighted by Crippen LogP contribution is 2.36. The molecule has 3 rings (SSSR count). The van der Waals surface area contributed by atoms with E-state index in [2.05, 4.69) is 37.6 Å². The molecule has 8 atom stereocenters. The first-order chi connectivity index (χ1) is 19.5. The number of hydrogen-bond donors (Lipinski definition) is 1. The van der Waals surface area contributed by atoms with E-state index in [9.17, 15) is 14.7 Å². The first-order valence-corrected chi connectivity index (χ1v) is 15.8. The highest BCUT2D eigenvalue weighted by Gasteiger charge is 2.48. The van der Waals surface area contributed by atoms with Gasteiger partial charge in [0.2, 0.25) is 0 Å². The molecule has 3 heterocycles. The number of cyclic esters (lactones) is 1. The van der Waals surface area contributed by atoms with Gasteiger partial charge >= 0.3 is 5.97 Å². The van der Waals surface area contributed by atoms with E-state index in [4.69, 9.17) is 18.9 Å². The van der Waals surface area contributed by atoms with E-state index in [-0.39, 0.29) is 42.9 Å². The number of ketones is 1. The molecule has 0 aromatic rings. The number of hydrogen-bond acceptors (Lipinski definition) is 10. The van der Waals surface area contributed by atoms with Gasteiger partial charge in [-0.15, -0.1) is 0 Å². The molecule has 3 saturated heterocycles. The Labute approximate surface area is 254 Å². The predicted molar refractivity (Wildman–Crippen MR) is 162 cm³/mol. The van der Waals surface area contributed by atoms with Crippen LogP contribution in [-0.2, 0) is 28.5 Å². The minimum atomic E-state index is -1.37. The third kappa shape index (κ3) is 8.31. The first kappa shape index (κ1) is 35.3. The average Bonchev–Trinajstić information content (AvgIpc) is 2.87. The van der Waals surface area contributed by atoms with Gasteiger partial charge in [-0.05, 0) is 73.5 Å². The molecular weight excluding hydrogens is 538 g/mol. The smallest absolute Gasteiger partial charge is 0.319 e. The van der Waals surface area contributed by atoms with Crippen LogP contribution in [0.5, 0.6) is 0 Å². The van der Waals surface area contributed by atoms with E-state index in [1.807, 2.05) is 32.8 Å². The van der Waals surface area contributed by atoms with Crippen LogP contribution in [0.3, 0.4) is 0 Å². The van der Waals surface area contributed by atoms with Crippen molar-refractivity contribution in [2.75, 3.05) is 61.0 Å². The lowest BCUT2D eigenvalue weighted by Gasteiger charge is -2.47. The average molecular weight is 598 g/mol. The highest BCUT2D eigenvalue weighted by molar-refractivity contribution is 6.03. The lowest BCUT2D eigenvalue weighted by molar-refractivity contribution is -0.289. The number of nitrogens with zero attached hydrogens (tertiary/aromatic N) is 3. The summed E-state index contributed by atoms with van der Waals surface area (Å²) in [5, 5.41) is 11.2. The number of carbonyl (C=O) groups excluding carboxylic acids is 2. The molecule has 244 valence electrons. The minimum absolute atomic E-state index is 0.0579. The van der Waals surface area contributed by atoms with E-state index >= 15 is 0 Å². The molecule has 1 unspecified atom stereocenters. The lowest BCUT2D eigenvalue weighted by atomic mass is 9.79. The summed E-state index contributed by atoms with van der Waals surface area (Å²) in [7, 11) is 7.59. The van der Waals surface area contributed by atoms with Gasteiger partial charge in [-0.25, -0.2) is 0 Å². The van der Waals surface area contributed by atoms with Crippen LogP contribution in [-0.4, -0.2) is 135 Å². The van der Waals surface area contributed by atoms with Crippen molar-refractivity contribution in [2.45, 2.75) is 110 Å². The molecule has 0 aromatic carbocycles. The summed E-state index contributed by atoms with van der Waals surface area (Å²) in [6.45, 7) is 17.9. The maximum Gasteiger partial charge on any atom is 0.319 e. The predicted octanol–water partition coefficient (Wildman–Crippen LogP) is 2.66. The van der Waals surface area contributed by atoms with E-state index < -0.39 is 35.5 Å². The highest BCUT2D eigenvalue weighted by atomic mass is 16.7. The number of aliphatic hydroxyl groups is 1. The van der Waals surface area contributed by atoms with Crippen LogP contribution in [0, 0.1) is 23.2 Å².